The fourth-order valence-corrected chi connectivity index (χ4v) is 6.32. The van der Waals surface area contributed by atoms with Gasteiger partial charge in [-0.1, -0.05) is 37.1 Å². The Morgan fingerprint density at radius 2 is 1.92 bits per heavy atom. The van der Waals surface area contributed by atoms with Gasteiger partial charge in [0.25, 0.3) is 16.0 Å². The van der Waals surface area contributed by atoms with Crippen LogP contribution in [0.25, 0.3) is 10.9 Å². The number of amides is 1. The van der Waals surface area contributed by atoms with E-state index in [1.165, 1.54) is 17.4 Å². The largest absolute Gasteiger partial charge is 0.358 e. The summed E-state index contributed by atoms with van der Waals surface area (Å²) >= 11 is 7.54. The van der Waals surface area contributed by atoms with E-state index in [1.807, 2.05) is 49.5 Å². The fourth-order valence-electron chi connectivity index (χ4n) is 4.74. The van der Waals surface area contributed by atoms with Crippen LogP contribution >= 0.6 is 22.9 Å². The van der Waals surface area contributed by atoms with Crippen LogP contribution in [0.2, 0.25) is 5.02 Å². The monoisotopic (exact) mass is 562 g/mol. The molecular weight excluding hydrogens is 535 g/mol. The maximum Gasteiger partial charge on any atom is 0.266 e. The summed E-state index contributed by atoms with van der Waals surface area (Å²) in [5.41, 5.74) is 3.27. The lowest BCUT2D eigenvalue weighted by Crippen LogP contribution is -2.28. The number of nitrogens with one attached hydrogen (secondary N) is 2. The first-order valence-electron chi connectivity index (χ1n) is 11.9. The van der Waals surface area contributed by atoms with Crippen molar-refractivity contribution in [1.82, 2.24) is 10.3 Å². The first kappa shape index (κ1) is 27.3. The van der Waals surface area contributed by atoms with Gasteiger partial charge in [0.15, 0.2) is 0 Å². The molecule has 10 heteroatoms. The molecule has 0 aliphatic carbocycles. The lowest BCUT2D eigenvalue weighted by Gasteiger charge is -2.27. The molecule has 0 saturated carbocycles. The Hall–Kier alpha value is -2.72. The predicted molar refractivity (Wildman–Crippen MR) is 147 cm³/mol. The molecule has 3 N–H and O–H groups in total. The normalized spacial score (nSPS) is 13.5. The number of aromatic nitrogens is 1. The zero-order valence-electron chi connectivity index (χ0n) is 20.4. The number of halogens is 2. The minimum atomic E-state index is -4.16. The summed E-state index contributed by atoms with van der Waals surface area (Å²) in [7, 11) is -4.16. The standard InChI is InChI=1S/C27H28ClFN2O4S2/c1-3-4-19(23-9-10-24(36-23)27(32)30-11-12-37(33,34)35)25(17-5-7-18(28)8-6-17)21-15-31-26-20(21)13-16(2)14-22(26)29/h5-10,13-15,19,25,31H,3-4,11-12H2,1-2H3,(H,30,32)(H,33,34,35). The van der Waals surface area contributed by atoms with Gasteiger partial charge in [0.2, 0.25) is 0 Å². The van der Waals surface area contributed by atoms with Crippen LogP contribution in [-0.4, -0.2) is 36.2 Å². The number of hydrogen-bond acceptors (Lipinski definition) is 4. The Kier molecular flexibility index (Phi) is 8.38. The SMILES string of the molecule is CCCC(c1ccc(C(=O)NCCS(=O)(=O)O)s1)C(c1ccc(Cl)cc1)c1c[nH]c2c(F)cc(C)cc12. The summed E-state index contributed by atoms with van der Waals surface area (Å²) in [6.45, 7) is 3.78. The fraction of sp³-hybridized carbons (Fsp3) is 0.296. The highest BCUT2D eigenvalue weighted by atomic mass is 35.5. The Balaban J connectivity index is 1.76. The highest BCUT2D eigenvalue weighted by Gasteiger charge is 2.30. The second kappa shape index (κ2) is 11.3. The third-order valence-corrected chi connectivity index (χ3v) is 8.53. The quantitative estimate of drug-likeness (QED) is 0.188. The Morgan fingerprint density at radius 1 is 1.19 bits per heavy atom. The van der Waals surface area contributed by atoms with E-state index in [0.29, 0.717) is 15.4 Å². The van der Waals surface area contributed by atoms with Crippen molar-refractivity contribution in [1.29, 1.82) is 0 Å². The van der Waals surface area contributed by atoms with E-state index in [0.717, 1.165) is 39.8 Å². The zero-order chi connectivity index (χ0) is 26.7. The molecule has 2 atom stereocenters. The summed E-state index contributed by atoms with van der Waals surface area (Å²) in [4.78, 5) is 17.2. The summed E-state index contributed by atoms with van der Waals surface area (Å²) < 4.78 is 45.6. The minimum absolute atomic E-state index is 0.0156. The summed E-state index contributed by atoms with van der Waals surface area (Å²) in [6.07, 6.45) is 3.57. The second-order valence-corrected chi connectivity index (χ2v) is 12.2. The third-order valence-electron chi connectivity index (χ3n) is 6.35. The van der Waals surface area contributed by atoms with Crippen LogP contribution in [0.4, 0.5) is 4.39 Å². The van der Waals surface area contributed by atoms with Gasteiger partial charge < -0.3 is 10.3 Å². The molecule has 0 aliphatic rings. The zero-order valence-corrected chi connectivity index (χ0v) is 22.8. The van der Waals surface area contributed by atoms with Crippen molar-refractivity contribution in [2.75, 3.05) is 12.3 Å². The van der Waals surface area contributed by atoms with Crippen molar-refractivity contribution >= 4 is 49.9 Å². The molecule has 0 aliphatic heterocycles. The molecule has 0 fully saturated rings. The van der Waals surface area contributed by atoms with E-state index in [-0.39, 0.29) is 24.2 Å². The summed E-state index contributed by atoms with van der Waals surface area (Å²) in [5.74, 6) is -1.41. The molecule has 0 bridgehead atoms. The maximum atomic E-state index is 14.8. The lowest BCUT2D eigenvalue weighted by molar-refractivity contribution is 0.0960. The van der Waals surface area contributed by atoms with E-state index in [9.17, 15) is 17.6 Å². The average Bonchev–Trinajstić information content (AvgIpc) is 3.47. The van der Waals surface area contributed by atoms with E-state index >= 15 is 0 Å². The van der Waals surface area contributed by atoms with Crippen molar-refractivity contribution in [3.8, 4) is 0 Å². The van der Waals surface area contributed by atoms with Crippen molar-refractivity contribution < 1.29 is 22.2 Å². The highest BCUT2D eigenvalue weighted by Crippen LogP contribution is 2.46. The number of carbonyl (C=O) groups is 1. The molecule has 4 rings (SSSR count). The number of aryl methyl sites for hydroxylation is 1. The van der Waals surface area contributed by atoms with E-state index in [4.69, 9.17) is 16.2 Å². The molecule has 2 heterocycles. The molecule has 0 spiro atoms. The van der Waals surface area contributed by atoms with Gasteiger partial charge in [-0.3, -0.25) is 9.35 Å². The number of fused-ring (bicyclic) bond motifs is 1. The van der Waals surface area contributed by atoms with Crippen LogP contribution in [0.3, 0.4) is 0 Å². The van der Waals surface area contributed by atoms with E-state index < -0.39 is 21.8 Å². The van der Waals surface area contributed by atoms with Crippen LogP contribution in [-0.2, 0) is 10.1 Å². The topological polar surface area (TPSA) is 99.3 Å². The van der Waals surface area contributed by atoms with Gasteiger partial charge in [0.1, 0.15) is 5.82 Å². The maximum absolute atomic E-state index is 14.8. The smallest absolute Gasteiger partial charge is 0.266 e. The number of H-pyrrole nitrogens is 1. The third kappa shape index (κ3) is 6.41. The number of rotatable bonds is 10. The molecule has 0 saturated heterocycles. The minimum Gasteiger partial charge on any atom is -0.358 e. The molecule has 1 amide bonds. The molecule has 2 aromatic carbocycles. The average molecular weight is 563 g/mol. The van der Waals surface area contributed by atoms with Crippen molar-refractivity contribution in [2.45, 2.75) is 38.5 Å². The van der Waals surface area contributed by atoms with Gasteiger partial charge >= 0.3 is 0 Å². The lowest BCUT2D eigenvalue weighted by atomic mass is 9.77. The van der Waals surface area contributed by atoms with Crippen molar-refractivity contribution in [3.63, 3.8) is 0 Å². The molecule has 2 unspecified atom stereocenters. The highest BCUT2D eigenvalue weighted by molar-refractivity contribution is 7.85. The molecule has 6 nitrogen and oxygen atoms in total. The number of carbonyl (C=O) groups excluding carboxylic acids is 1. The summed E-state index contributed by atoms with van der Waals surface area (Å²) in [6, 6.07) is 14.8. The number of aromatic amines is 1. The number of hydrogen-bond donors (Lipinski definition) is 3. The Bertz CT molecular complexity index is 1510. The second-order valence-electron chi connectivity index (χ2n) is 9.08. The van der Waals surface area contributed by atoms with Gasteiger partial charge in [-0.15, -0.1) is 11.3 Å². The number of benzene rings is 2. The first-order valence-corrected chi connectivity index (χ1v) is 14.7. The molecule has 37 heavy (non-hydrogen) atoms. The van der Waals surface area contributed by atoms with Crippen molar-refractivity contribution in [3.05, 3.63) is 92.0 Å². The van der Waals surface area contributed by atoms with E-state index in [2.05, 4.69) is 17.2 Å². The van der Waals surface area contributed by atoms with Crippen LogP contribution in [0.5, 0.6) is 0 Å². The Morgan fingerprint density at radius 3 is 2.59 bits per heavy atom. The van der Waals surface area contributed by atoms with Gasteiger partial charge in [-0.25, -0.2) is 4.39 Å². The molecule has 0 radical (unpaired) electrons. The molecule has 4 aromatic rings. The predicted octanol–water partition coefficient (Wildman–Crippen LogP) is 6.66. The van der Waals surface area contributed by atoms with Gasteiger partial charge in [0, 0.05) is 39.9 Å². The van der Waals surface area contributed by atoms with Crippen LogP contribution < -0.4 is 5.32 Å². The van der Waals surface area contributed by atoms with Crippen LogP contribution in [0.15, 0.2) is 54.7 Å². The van der Waals surface area contributed by atoms with Gasteiger partial charge in [-0.05, 0) is 66.4 Å². The Labute approximate surface area is 224 Å². The van der Waals surface area contributed by atoms with Crippen LogP contribution in [0.1, 0.15) is 62.8 Å². The summed E-state index contributed by atoms with van der Waals surface area (Å²) in [5, 5.41) is 3.98. The van der Waals surface area contributed by atoms with Crippen molar-refractivity contribution in [2.24, 2.45) is 0 Å². The first-order chi connectivity index (χ1) is 17.6. The number of thiophene rings is 1. The van der Waals surface area contributed by atoms with E-state index in [1.54, 1.807) is 6.07 Å². The molecule has 2 aromatic heterocycles. The molecule has 196 valence electrons. The van der Waals surface area contributed by atoms with Gasteiger partial charge in [0.05, 0.1) is 16.1 Å². The molecular formula is C27H28ClFN2O4S2. The van der Waals surface area contributed by atoms with Crippen LogP contribution in [0, 0.1) is 12.7 Å². The van der Waals surface area contributed by atoms with Gasteiger partial charge in [-0.2, -0.15) is 8.42 Å².